The van der Waals surface area contributed by atoms with Crippen LogP contribution in [0.4, 0.5) is 0 Å². The number of ether oxygens (including phenoxy) is 3. The number of hydrogen-bond donors (Lipinski definition) is 1. The zero-order valence-electron chi connectivity index (χ0n) is 14.9. The lowest BCUT2D eigenvalue weighted by Crippen LogP contribution is -2.31. The molecule has 0 aromatic heterocycles. The second kappa shape index (κ2) is 8.45. The summed E-state index contributed by atoms with van der Waals surface area (Å²) in [5.74, 6) is 1.93. The zero-order valence-corrected chi connectivity index (χ0v) is 16.5. The molecule has 1 amide bonds. The van der Waals surface area contributed by atoms with Crippen molar-refractivity contribution in [3.8, 4) is 17.2 Å². The number of fused-ring (bicyclic) bond motifs is 1. The lowest BCUT2D eigenvalue weighted by atomic mass is 10.1. The molecule has 1 atom stereocenters. The highest BCUT2D eigenvalue weighted by atomic mass is 79.9. The molecule has 0 aliphatic carbocycles. The van der Waals surface area contributed by atoms with Gasteiger partial charge >= 0.3 is 0 Å². The highest BCUT2D eigenvalue weighted by Gasteiger charge is 2.16. The quantitative estimate of drug-likeness (QED) is 0.767. The number of carbonyl (C=O) groups is 1. The minimum absolute atomic E-state index is 0.0427. The Labute approximate surface area is 161 Å². The number of benzene rings is 2. The van der Waals surface area contributed by atoms with E-state index >= 15 is 0 Å². The molecule has 0 bridgehead atoms. The first-order valence-corrected chi connectivity index (χ1v) is 9.46. The van der Waals surface area contributed by atoms with Crippen LogP contribution in [0.1, 0.15) is 31.0 Å². The normalized spacial score (nSPS) is 13.8. The molecule has 138 valence electrons. The van der Waals surface area contributed by atoms with Crippen LogP contribution in [0, 0.1) is 0 Å². The predicted molar refractivity (Wildman–Crippen MR) is 103 cm³/mol. The minimum Gasteiger partial charge on any atom is -0.486 e. The van der Waals surface area contributed by atoms with Crippen LogP contribution in [0.15, 0.2) is 40.9 Å². The Morgan fingerprint density at radius 2 is 1.96 bits per heavy atom. The molecular formula is C20H22BrNO4. The van der Waals surface area contributed by atoms with E-state index in [-0.39, 0.29) is 18.6 Å². The summed E-state index contributed by atoms with van der Waals surface area (Å²) >= 11 is 3.48. The largest absolute Gasteiger partial charge is 0.486 e. The fraction of sp³-hybridized carbons (Fsp3) is 0.350. The first-order valence-electron chi connectivity index (χ1n) is 8.67. The standard InChI is InChI=1S/C20H22BrNO4/c1-3-14-4-6-17(16(21)10-14)26-12-20(23)22-13(2)15-5-7-18-19(11-15)25-9-8-24-18/h4-7,10-11,13H,3,8-9,12H2,1-2H3,(H,22,23). The molecule has 1 unspecified atom stereocenters. The number of hydrogen-bond acceptors (Lipinski definition) is 4. The molecule has 26 heavy (non-hydrogen) atoms. The molecule has 2 aromatic rings. The van der Waals surface area contributed by atoms with Gasteiger partial charge in [0.15, 0.2) is 18.1 Å². The van der Waals surface area contributed by atoms with Crippen molar-refractivity contribution in [2.45, 2.75) is 26.3 Å². The van der Waals surface area contributed by atoms with Crippen LogP contribution >= 0.6 is 15.9 Å². The van der Waals surface area contributed by atoms with Gasteiger partial charge in [0, 0.05) is 0 Å². The van der Waals surface area contributed by atoms with E-state index in [2.05, 4.69) is 28.2 Å². The fourth-order valence-electron chi connectivity index (χ4n) is 2.72. The third-order valence-electron chi connectivity index (χ3n) is 4.21. The predicted octanol–water partition coefficient (Wildman–Crippen LogP) is 4.04. The summed E-state index contributed by atoms with van der Waals surface area (Å²) in [6, 6.07) is 11.4. The van der Waals surface area contributed by atoms with Gasteiger partial charge in [0.25, 0.3) is 5.91 Å². The lowest BCUT2D eigenvalue weighted by Gasteiger charge is -2.21. The van der Waals surface area contributed by atoms with Gasteiger partial charge in [-0.15, -0.1) is 0 Å². The highest BCUT2D eigenvalue weighted by molar-refractivity contribution is 9.10. The SMILES string of the molecule is CCc1ccc(OCC(=O)NC(C)c2ccc3c(c2)OCCO3)c(Br)c1. The monoisotopic (exact) mass is 419 g/mol. The van der Waals surface area contributed by atoms with E-state index in [4.69, 9.17) is 14.2 Å². The Morgan fingerprint density at radius 1 is 1.19 bits per heavy atom. The molecule has 0 fully saturated rings. The molecule has 2 aromatic carbocycles. The van der Waals surface area contributed by atoms with Gasteiger partial charge in [-0.05, 0) is 64.7 Å². The summed E-state index contributed by atoms with van der Waals surface area (Å²) in [6.45, 7) is 5.07. The number of aryl methyl sites for hydroxylation is 1. The van der Waals surface area contributed by atoms with Crippen molar-refractivity contribution in [1.82, 2.24) is 5.32 Å². The molecule has 1 heterocycles. The Hall–Kier alpha value is -2.21. The van der Waals surface area contributed by atoms with Gasteiger partial charge in [-0.25, -0.2) is 0 Å². The number of rotatable bonds is 6. The van der Waals surface area contributed by atoms with Crippen molar-refractivity contribution < 1.29 is 19.0 Å². The fourth-order valence-corrected chi connectivity index (χ4v) is 3.26. The average Bonchev–Trinajstić information content (AvgIpc) is 2.66. The lowest BCUT2D eigenvalue weighted by molar-refractivity contribution is -0.123. The summed E-state index contributed by atoms with van der Waals surface area (Å²) in [5.41, 5.74) is 2.16. The van der Waals surface area contributed by atoms with Crippen LogP contribution in [0.25, 0.3) is 0 Å². The van der Waals surface area contributed by atoms with E-state index in [9.17, 15) is 4.79 Å². The van der Waals surface area contributed by atoms with Crippen molar-refractivity contribution in [2.24, 2.45) is 0 Å². The number of amides is 1. The van der Waals surface area contributed by atoms with Gasteiger partial charge < -0.3 is 19.5 Å². The molecule has 1 aliphatic rings. The maximum Gasteiger partial charge on any atom is 0.258 e. The summed E-state index contributed by atoms with van der Waals surface area (Å²) in [4.78, 5) is 12.2. The third-order valence-corrected chi connectivity index (χ3v) is 4.83. The maximum absolute atomic E-state index is 12.2. The number of carbonyl (C=O) groups excluding carboxylic acids is 1. The van der Waals surface area contributed by atoms with Crippen LogP contribution < -0.4 is 19.5 Å². The van der Waals surface area contributed by atoms with Crippen molar-refractivity contribution >= 4 is 21.8 Å². The molecule has 0 saturated carbocycles. The summed E-state index contributed by atoms with van der Waals surface area (Å²) in [6.07, 6.45) is 0.951. The Bertz CT molecular complexity index is 793. The number of nitrogens with one attached hydrogen (secondary N) is 1. The van der Waals surface area contributed by atoms with Gasteiger partial charge in [-0.3, -0.25) is 4.79 Å². The van der Waals surface area contributed by atoms with E-state index in [0.29, 0.717) is 24.7 Å². The zero-order chi connectivity index (χ0) is 18.5. The van der Waals surface area contributed by atoms with Crippen LogP contribution in [0.2, 0.25) is 0 Å². The Morgan fingerprint density at radius 3 is 2.69 bits per heavy atom. The second-order valence-corrected chi connectivity index (χ2v) is 6.95. The minimum atomic E-state index is -0.182. The van der Waals surface area contributed by atoms with Crippen molar-refractivity contribution in [1.29, 1.82) is 0 Å². The molecule has 6 heteroatoms. The topological polar surface area (TPSA) is 56.8 Å². The van der Waals surface area contributed by atoms with Crippen LogP contribution in [0.3, 0.4) is 0 Å². The first kappa shape index (κ1) is 18.6. The van der Waals surface area contributed by atoms with E-state index < -0.39 is 0 Å². The molecular weight excluding hydrogens is 398 g/mol. The smallest absolute Gasteiger partial charge is 0.258 e. The van der Waals surface area contributed by atoms with Gasteiger partial charge in [-0.2, -0.15) is 0 Å². The Kier molecular flexibility index (Phi) is 6.04. The maximum atomic E-state index is 12.2. The molecule has 3 rings (SSSR count). The van der Waals surface area contributed by atoms with Gasteiger partial charge in [-0.1, -0.05) is 19.1 Å². The molecule has 1 aliphatic heterocycles. The average molecular weight is 420 g/mol. The van der Waals surface area contributed by atoms with Crippen molar-refractivity contribution in [3.05, 3.63) is 52.0 Å². The highest BCUT2D eigenvalue weighted by Crippen LogP contribution is 2.32. The Balaban J connectivity index is 1.56. The summed E-state index contributed by atoms with van der Waals surface area (Å²) < 4.78 is 17.6. The molecule has 1 N–H and O–H groups in total. The first-order chi connectivity index (χ1) is 12.6. The third kappa shape index (κ3) is 4.49. The molecule has 0 radical (unpaired) electrons. The van der Waals surface area contributed by atoms with Gasteiger partial charge in [0.2, 0.25) is 0 Å². The summed E-state index contributed by atoms with van der Waals surface area (Å²) in [7, 11) is 0. The van der Waals surface area contributed by atoms with Crippen molar-refractivity contribution in [3.63, 3.8) is 0 Å². The van der Waals surface area contributed by atoms with Crippen LogP contribution in [-0.2, 0) is 11.2 Å². The van der Waals surface area contributed by atoms with E-state index in [0.717, 1.165) is 22.2 Å². The van der Waals surface area contributed by atoms with E-state index in [1.807, 2.05) is 43.3 Å². The van der Waals surface area contributed by atoms with Crippen LogP contribution in [0.5, 0.6) is 17.2 Å². The molecule has 0 spiro atoms. The van der Waals surface area contributed by atoms with Crippen molar-refractivity contribution in [2.75, 3.05) is 19.8 Å². The second-order valence-electron chi connectivity index (χ2n) is 6.10. The van der Waals surface area contributed by atoms with E-state index in [1.54, 1.807) is 0 Å². The van der Waals surface area contributed by atoms with E-state index in [1.165, 1.54) is 5.56 Å². The van der Waals surface area contributed by atoms with Crippen LogP contribution in [-0.4, -0.2) is 25.7 Å². The molecule has 0 saturated heterocycles. The summed E-state index contributed by atoms with van der Waals surface area (Å²) in [5, 5.41) is 2.94. The molecule has 5 nitrogen and oxygen atoms in total. The van der Waals surface area contributed by atoms with Gasteiger partial charge in [0.05, 0.1) is 10.5 Å². The number of halogens is 1. The van der Waals surface area contributed by atoms with Gasteiger partial charge in [0.1, 0.15) is 19.0 Å².